The van der Waals surface area contributed by atoms with E-state index in [2.05, 4.69) is 11.9 Å². The zero-order valence-corrected chi connectivity index (χ0v) is 11.6. The summed E-state index contributed by atoms with van der Waals surface area (Å²) in [5.74, 6) is 0.520. The van der Waals surface area contributed by atoms with Crippen LogP contribution in [-0.2, 0) is 11.8 Å². The average Bonchev–Trinajstić information content (AvgIpc) is 2.41. The summed E-state index contributed by atoms with van der Waals surface area (Å²) in [6.07, 6.45) is 2.31. The maximum absolute atomic E-state index is 13.0. The summed E-state index contributed by atoms with van der Waals surface area (Å²) >= 11 is 0. The van der Waals surface area contributed by atoms with E-state index in [1.165, 1.54) is 6.20 Å². The van der Waals surface area contributed by atoms with E-state index in [0.717, 1.165) is 37.9 Å². The zero-order chi connectivity index (χ0) is 14.8. The molecule has 0 aromatic carbocycles. The van der Waals surface area contributed by atoms with Crippen LogP contribution < -0.4 is 0 Å². The monoisotopic (exact) mass is 287 g/mol. The molecule has 1 heterocycles. The summed E-state index contributed by atoms with van der Waals surface area (Å²) in [7, 11) is 0. The number of rotatable bonds is 3. The van der Waals surface area contributed by atoms with Crippen LogP contribution in [0.4, 0.5) is 13.2 Å². The van der Waals surface area contributed by atoms with Crippen LogP contribution in [-0.4, -0.2) is 10.1 Å². The van der Waals surface area contributed by atoms with E-state index in [-0.39, 0.29) is 5.56 Å². The van der Waals surface area contributed by atoms with Gasteiger partial charge in [0.2, 0.25) is 0 Å². The van der Waals surface area contributed by atoms with Crippen molar-refractivity contribution in [1.82, 2.24) is 4.98 Å². The van der Waals surface area contributed by atoms with Gasteiger partial charge in [-0.2, -0.15) is 13.2 Å². The molecule has 112 valence electrons. The molecule has 1 aromatic heterocycles. The number of nitrogens with zero attached hydrogens (tertiary/aromatic N) is 1. The van der Waals surface area contributed by atoms with E-state index < -0.39 is 17.3 Å². The highest BCUT2D eigenvalue weighted by Crippen LogP contribution is 2.44. The third-order valence-electron chi connectivity index (χ3n) is 4.26. The van der Waals surface area contributed by atoms with Crippen LogP contribution in [0.3, 0.4) is 0 Å². The summed E-state index contributed by atoms with van der Waals surface area (Å²) in [6, 6.07) is 0.950. The lowest BCUT2D eigenvalue weighted by Gasteiger charge is -2.37. The number of halogens is 3. The lowest BCUT2D eigenvalue weighted by Crippen LogP contribution is -2.34. The van der Waals surface area contributed by atoms with Gasteiger partial charge in [0.25, 0.3) is 0 Å². The number of aliphatic hydroxyl groups is 1. The molecule has 0 amide bonds. The van der Waals surface area contributed by atoms with Gasteiger partial charge in [-0.15, -0.1) is 0 Å². The molecule has 0 spiro atoms. The number of aromatic nitrogens is 1. The Kier molecular flexibility index (Phi) is 4.37. The lowest BCUT2D eigenvalue weighted by molar-refractivity contribution is -0.141. The van der Waals surface area contributed by atoms with E-state index in [4.69, 9.17) is 0 Å². The number of hydrogen-bond acceptors (Lipinski definition) is 2. The minimum absolute atomic E-state index is 0.0672. The Morgan fingerprint density at radius 1 is 1.35 bits per heavy atom. The van der Waals surface area contributed by atoms with Crippen LogP contribution >= 0.6 is 0 Å². The molecular formula is C15H20F3NO. The van der Waals surface area contributed by atoms with Gasteiger partial charge in [-0.05, 0) is 37.7 Å². The van der Waals surface area contributed by atoms with Gasteiger partial charge in [0.05, 0.1) is 11.2 Å². The topological polar surface area (TPSA) is 33.1 Å². The molecule has 2 nitrogen and oxygen atoms in total. The lowest BCUT2D eigenvalue weighted by atomic mass is 9.73. The van der Waals surface area contributed by atoms with Gasteiger partial charge in [0.1, 0.15) is 0 Å². The second-order valence-electron chi connectivity index (χ2n) is 5.68. The minimum Gasteiger partial charge on any atom is -0.385 e. The predicted molar refractivity (Wildman–Crippen MR) is 70.0 cm³/mol. The number of alkyl halides is 3. The quantitative estimate of drug-likeness (QED) is 0.900. The van der Waals surface area contributed by atoms with E-state index >= 15 is 0 Å². The standard InChI is InChI=1S/C15H20F3NO/c1-2-3-11-4-7-14(20,8-5-11)13-10-19-9-6-12(13)15(16,17)18/h6,9-11,20H,2-5,7-8H2,1H3. The third-order valence-corrected chi connectivity index (χ3v) is 4.26. The van der Waals surface area contributed by atoms with Crippen LogP contribution in [0.25, 0.3) is 0 Å². The van der Waals surface area contributed by atoms with Gasteiger partial charge in [-0.1, -0.05) is 19.8 Å². The summed E-state index contributed by atoms with van der Waals surface area (Å²) < 4.78 is 39.1. The Bertz CT molecular complexity index is 451. The molecule has 1 N–H and O–H groups in total. The van der Waals surface area contributed by atoms with Gasteiger partial charge in [-0.25, -0.2) is 0 Å². The van der Waals surface area contributed by atoms with Gasteiger partial charge < -0.3 is 5.11 Å². The normalized spacial score (nSPS) is 27.6. The van der Waals surface area contributed by atoms with Crippen molar-refractivity contribution in [2.24, 2.45) is 5.92 Å². The number of pyridine rings is 1. The first kappa shape index (κ1) is 15.3. The highest BCUT2D eigenvalue weighted by molar-refractivity contribution is 5.32. The zero-order valence-electron chi connectivity index (χ0n) is 11.6. The summed E-state index contributed by atoms with van der Waals surface area (Å²) in [4.78, 5) is 3.77. The van der Waals surface area contributed by atoms with E-state index in [9.17, 15) is 18.3 Å². The molecule has 0 radical (unpaired) electrons. The minimum atomic E-state index is -4.45. The van der Waals surface area contributed by atoms with Crippen LogP contribution in [0.2, 0.25) is 0 Å². The van der Waals surface area contributed by atoms with Crippen molar-refractivity contribution in [3.8, 4) is 0 Å². The van der Waals surface area contributed by atoms with Crippen molar-refractivity contribution in [2.45, 2.75) is 57.2 Å². The molecule has 2 rings (SSSR count). The van der Waals surface area contributed by atoms with Gasteiger partial charge in [0, 0.05) is 18.0 Å². The summed E-state index contributed by atoms with van der Waals surface area (Å²) in [6.45, 7) is 2.10. The summed E-state index contributed by atoms with van der Waals surface area (Å²) in [5, 5.41) is 10.6. The van der Waals surface area contributed by atoms with Crippen molar-refractivity contribution in [1.29, 1.82) is 0 Å². The molecule has 0 bridgehead atoms. The molecule has 0 saturated heterocycles. The van der Waals surface area contributed by atoms with Gasteiger partial charge >= 0.3 is 6.18 Å². The molecule has 1 fully saturated rings. The Morgan fingerprint density at radius 2 is 2.00 bits per heavy atom. The SMILES string of the molecule is CCCC1CCC(O)(c2cnccc2C(F)(F)F)CC1. The first-order valence-electron chi connectivity index (χ1n) is 7.11. The second-order valence-corrected chi connectivity index (χ2v) is 5.68. The maximum atomic E-state index is 13.0. The fourth-order valence-electron chi connectivity index (χ4n) is 3.13. The Labute approximate surface area is 117 Å². The average molecular weight is 287 g/mol. The largest absolute Gasteiger partial charge is 0.416 e. The first-order chi connectivity index (χ1) is 9.37. The van der Waals surface area contributed by atoms with Crippen molar-refractivity contribution in [3.63, 3.8) is 0 Å². The first-order valence-corrected chi connectivity index (χ1v) is 7.11. The predicted octanol–water partition coefficient (Wildman–Crippen LogP) is 4.28. The fourth-order valence-corrected chi connectivity index (χ4v) is 3.13. The molecule has 20 heavy (non-hydrogen) atoms. The van der Waals surface area contributed by atoms with Crippen molar-refractivity contribution in [2.75, 3.05) is 0 Å². The van der Waals surface area contributed by atoms with Gasteiger partial charge in [-0.3, -0.25) is 4.98 Å². The van der Waals surface area contributed by atoms with Crippen LogP contribution in [0.5, 0.6) is 0 Å². The maximum Gasteiger partial charge on any atom is 0.416 e. The third kappa shape index (κ3) is 3.14. The molecule has 0 aliphatic heterocycles. The van der Waals surface area contributed by atoms with Crippen molar-refractivity contribution in [3.05, 3.63) is 29.6 Å². The molecule has 1 saturated carbocycles. The molecule has 1 aliphatic carbocycles. The van der Waals surface area contributed by atoms with Crippen LogP contribution in [0.15, 0.2) is 18.5 Å². The van der Waals surface area contributed by atoms with E-state index in [1.807, 2.05) is 0 Å². The molecule has 5 heteroatoms. The van der Waals surface area contributed by atoms with Crippen LogP contribution in [0, 0.1) is 5.92 Å². The van der Waals surface area contributed by atoms with Crippen LogP contribution in [0.1, 0.15) is 56.6 Å². The highest BCUT2D eigenvalue weighted by Gasteiger charge is 2.42. The van der Waals surface area contributed by atoms with E-state index in [1.54, 1.807) is 0 Å². The summed E-state index contributed by atoms with van der Waals surface area (Å²) in [5.41, 5.74) is -2.21. The van der Waals surface area contributed by atoms with E-state index in [0.29, 0.717) is 18.8 Å². The Balaban J connectivity index is 2.24. The number of hydrogen-bond donors (Lipinski definition) is 1. The molecule has 1 aromatic rings. The highest BCUT2D eigenvalue weighted by atomic mass is 19.4. The van der Waals surface area contributed by atoms with Crippen molar-refractivity contribution >= 4 is 0 Å². The second kappa shape index (κ2) is 5.72. The van der Waals surface area contributed by atoms with Gasteiger partial charge in [0.15, 0.2) is 0 Å². The molecule has 0 atom stereocenters. The fraction of sp³-hybridized carbons (Fsp3) is 0.667. The molecule has 1 aliphatic rings. The molecular weight excluding hydrogens is 267 g/mol. The Hall–Kier alpha value is -1.10. The smallest absolute Gasteiger partial charge is 0.385 e. The van der Waals surface area contributed by atoms with Crippen molar-refractivity contribution < 1.29 is 18.3 Å². The molecule has 0 unspecified atom stereocenters. The Morgan fingerprint density at radius 3 is 2.55 bits per heavy atom.